The molecule has 3 amide bonds. The number of nitrogens with one attached hydrogen (secondary N) is 2. The lowest BCUT2D eigenvalue weighted by Crippen LogP contribution is -2.52. The van der Waals surface area contributed by atoms with Gasteiger partial charge >= 0.3 is 0 Å². The molecule has 7 heteroatoms. The van der Waals surface area contributed by atoms with Crippen molar-refractivity contribution in [2.24, 2.45) is 5.92 Å². The highest BCUT2D eigenvalue weighted by atomic mass is 16.2. The predicted molar refractivity (Wildman–Crippen MR) is 89.6 cm³/mol. The van der Waals surface area contributed by atoms with Gasteiger partial charge < -0.3 is 10.2 Å². The molecule has 0 aromatic carbocycles. The summed E-state index contributed by atoms with van der Waals surface area (Å²) in [5.41, 5.74) is 2.59. The second-order valence-electron chi connectivity index (χ2n) is 7.08. The number of amides is 3. The summed E-state index contributed by atoms with van der Waals surface area (Å²) < 4.78 is 0. The summed E-state index contributed by atoms with van der Waals surface area (Å²) in [6.45, 7) is 2.47. The lowest BCUT2D eigenvalue weighted by atomic mass is 9.91. The molecule has 0 spiro atoms. The largest absolute Gasteiger partial charge is 0.322 e. The Morgan fingerprint density at radius 2 is 1.96 bits per heavy atom. The summed E-state index contributed by atoms with van der Waals surface area (Å²) in [4.78, 5) is 42.4. The molecule has 7 nitrogen and oxygen atoms in total. The number of imide groups is 1. The lowest BCUT2D eigenvalue weighted by Gasteiger charge is -2.29. The molecule has 1 aromatic heterocycles. The molecule has 0 radical (unpaired) electrons. The molecule has 3 aliphatic rings. The summed E-state index contributed by atoms with van der Waals surface area (Å²) in [5.74, 6) is -0.178. The maximum atomic E-state index is 12.8. The van der Waals surface area contributed by atoms with Gasteiger partial charge in [-0.05, 0) is 50.8 Å². The highest BCUT2D eigenvalue weighted by Gasteiger charge is 2.40. The number of fused-ring (bicyclic) bond motifs is 1. The third-order valence-corrected chi connectivity index (χ3v) is 5.49. The third-order valence-electron chi connectivity index (χ3n) is 5.49. The van der Waals surface area contributed by atoms with Gasteiger partial charge in [0.1, 0.15) is 6.04 Å². The van der Waals surface area contributed by atoms with Crippen LogP contribution in [0.25, 0.3) is 0 Å². The fourth-order valence-electron chi connectivity index (χ4n) is 4.08. The van der Waals surface area contributed by atoms with Crippen molar-refractivity contribution < 1.29 is 14.4 Å². The quantitative estimate of drug-likeness (QED) is 0.775. The van der Waals surface area contributed by atoms with E-state index in [-0.39, 0.29) is 24.1 Å². The van der Waals surface area contributed by atoms with Gasteiger partial charge in [-0.15, -0.1) is 0 Å². The molecule has 2 saturated heterocycles. The second-order valence-corrected chi connectivity index (χ2v) is 7.08. The Morgan fingerprint density at radius 1 is 1.16 bits per heavy atom. The first-order chi connectivity index (χ1) is 12.1. The molecule has 0 aliphatic carbocycles. The van der Waals surface area contributed by atoms with Crippen LogP contribution in [-0.4, -0.2) is 46.7 Å². The topological polar surface area (TPSA) is 91.4 Å². The molecule has 0 saturated carbocycles. The van der Waals surface area contributed by atoms with Crippen LogP contribution in [-0.2, 0) is 22.6 Å². The Bertz CT molecular complexity index is 727. The van der Waals surface area contributed by atoms with Gasteiger partial charge in [0.25, 0.3) is 5.91 Å². The van der Waals surface area contributed by atoms with Crippen LogP contribution < -0.4 is 10.6 Å². The van der Waals surface area contributed by atoms with Crippen LogP contribution in [0, 0.1) is 5.92 Å². The van der Waals surface area contributed by atoms with Crippen LogP contribution in [0.4, 0.5) is 0 Å². The first kappa shape index (κ1) is 16.2. The van der Waals surface area contributed by atoms with Crippen molar-refractivity contribution in [3.05, 3.63) is 29.1 Å². The van der Waals surface area contributed by atoms with Gasteiger partial charge in [0.2, 0.25) is 11.8 Å². The zero-order chi connectivity index (χ0) is 17.4. The van der Waals surface area contributed by atoms with Crippen molar-refractivity contribution in [1.29, 1.82) is 0 Å². The van der Waals surface area contributed by atoms with Crippen LogP contribution in [0.2, 0.25) is 0 Å². The van der Waals surface area contributed by atoms with E-state index < -0.39 is 6.04 Å². The molecule has 25 heavy (non-hydrogen) atoms. The Kier molecular flexibility index (Phi) is 4.25. The third kappa shape index (κ3) is 3.04. The monoisotopic (exact) mass is 342 g/mol. The molecular weight excluding hydrogens is 320 g/mol. The Balaban J connectivity index is 1.55. The number of nitrogens with zero attached hydrogens (tertiary/aromatic N) is 2. The minimum absolute atomic E-state index is 0.126. The van der Waals surface area contributed by atoms with Crippen molar-refractivity contribution in [1.82, 2.24) is 20.5 Å². The molecule has 1 atom stereocenters. The molecule has 1 unspecified atom stereocenters. The van der Waals surface area contributed by atoms with E-state index in [1.807, 2.05) is 0 Å². The molecule has 1 aromatic rings. The Labute approximate surface area is 146 Å². The zero-order valence-electron chi connectivity index (χ0n) is 14.1. The molecule has 4 heterocycles. The fourth-order valence-corrected chi connectivity index (χ4v) is 4.08. The van der Waals surface area contributed by atoms with Crippen molar-refractivity contribution in [3.63, 3.8) is 0 Å². The first-order valence-electron chi connectivity index (χ1n) is 8.95. The smallest absolute Gasteiger partial charge is 0.255 e. The first-order valence-corrected chi connectivity index (χ1v) is 8.95. The van der Waals surface area contributed by atoms with Crippen LogP contribution in [0.5, 0.6) is 0 Å². The fraction of sp³-hybridized carbons (Fsp3) is 0.556. The molecule has 2 N–H and O–H groups in total. The Morgan fingerprint density at radius 3 is 2.72 bits per heavy atom. The number of pyridine rings is 1. The molecular formula is C18H22N4O3. The maximum absolute atomic E-state index is 12.8. The van der Waals surface area contributed by atoms with Crippen molar-refractivity contribution in [2.75, 3.05) is 13.1 Å². The lowest BCUT2D eigenvalue weighted by molar-refractivity contribution is -0.136. The van der Waals surface area contributed by atoms with Gasteiger partial charge in [-0.2, -0.15) is 0 Å². The number of hydrogen-bond acceptors (Lipinski definition) is 5. The average Bonchev–Trinajstić information content (AvgIpc) is 2.94. The van der Waals surface area contributed by atoms with E-state index >= 15 is 0 Å². The summed E-state index contributed by atoms with van der Waals surface area (Å²) in [6, 6.07) is 1.18. The van der Waals surface area contributed by atoms with Gasteiger partial charge in [-0.25, -0.2) is 0 Å². The number of hydrogen-bond donors (Lipinski definition) is 2. The highest BCUT2D eigenvalue weighted by molar-refractivity contribution is 6.05. The summed E-state index contributed by atoms with van der Waals surface area (Å²) in [7, 11) is 0. The molecule has 2 fully saturated rings. The number of aromatic nitrogens is 1. The predicted octanol–water partition coefficient (Wildman–Crippen LogP) is 0.385. The van der Waals surface area contributed by atoms with Crippen molar-refractivity contribution >= 4 is 17.7 Å². The minimum Gasteiger partial charge on any atom is -0.322 e. The van der Waals surface area contributed by atoms with Crippen LogP contribution in [0.15, 0.2) is 12.3 Å². The summed E-state index contributed by atoms with van der Waals surface area (Å²) in [5, 5.41) is 5.70. The highest BCUT2D eigenvalue weighted by Crippen LogP contribution is 2.30. The minimum atomic E-state index is -0.565. The van der Waals surface area contributed by atoms with E-state index in [2.05, 4.69) is 15.6 Å². The number of rotatable bonds is 3. The normalized spacial score (nSPS) is 24.4. The van der Waals surface area contributed by atoms with Crippen molar-refractivity contribution in [3.8, 4) is 0 Å². The SMILES string of the molecule is O=C1CCC(N2Cc3c(ccnc3CC3CCNCC3)C2=O)C(=O)N1. The zero-order valence-corrected chi connectivity index (χ0v) is 14.1. The van der Waals surface area contributed by atoms with E-state index in [1.54, 1.807) is 17.2 Å². The van der Waals surface area contributed by atoms with Crippen LogP contribution >= 0.6 is 0 Å². The standard InChI is InChI=1S/C18H22N4O3/c23-16-2-1-15(17(24)21-16)22-10-13-12(18(22)25)5-8-20-14(13)9-11-3-6-19-7-4-11/h5,8,11,15,19H,1-4,6-7,9-10H2,(H,21,23,24). The second kappa shape index (κ2) is 6.55. The van der Waals surface area contributed by atoms with Crippen LogP contribution in [0.3, 0.4) is 0 Å². The summed E-state index contributed by atoms with van der Waals surface area (Å²) >= 11 is 0. The molecule has 0 bridgehead atoms. The van der Waals surface area contributed by atoms with Gasteiger partial charge in [-0.1, -0.05) is 0 Å². The molecule has 3 aliphatic heterocycles. The number of carbonyl (C=O) groups is 3. The van der Waals surface area contributed by atoms with Gasteiger partial charge in [-0.3, -0.25) is 24.7 Å². The van der Waals surface area contributed by atoms with Crippen molar-refractivity contribution in [2.45, 2.75) is 44.7 Å². The van der Waals surface area contributed by atoms with E-state index in [0.29, 0.717) is 24.4 Å². The Hall–Kier alpha value is -2.28. The van der Waals surface area contributed by atoms with E-state index in [1.165, 1.54) is 0 Å². The summed E-state index contributed by atoms with van der Waals surface area (Å²) in [6.07, 6.45) is 5.48. The van der Waals surface area contributed by atoms with E-state index in [9.17, 15) is 14.4 Å². The van der Waals surface area contributed by atoms with Gasteiger partial charge in [0.05, 0.1) is 0 Å². The maximum Gasteiger partial charge on any atom is 0.255 e. The number of piperidine rings is 2. The number of carbonyl (C=O) groups excluding carboxylic acids is 3. The average molecular weight is 342 g/mol. The van der Waals surface area contributed by atoms with E-state index in [0.717, 1.165) is 43.6 Å². The van der Waals surface area contributed by atoms with Crippen LogP contribution in [0.1, 0.15) is 47.3 Å². The van der Waals surface area contributed by atoms with Gasteiger partial charge in [0, 0.05) is 36.0 Å². The molecule has 4 rings (SSSR count). The van der Waals surface area contributed by atoms with E-state index in [4.69, 9.17) is 0 Å². The molecule has 132 valence electrons. The van der Waals surface area contributed by atoms with Gasteiger partial charge in [0.15, 0.2) is 0 Å².